The van der Waals surface area contributed by atoms with Crippen molar-refractivity contribution in [2.45, 2.75) is 13.5 Å². The molecule has 2 N–H and O–H groups in total. The van der Waals surface area contributed by atoms with Gasteiger partial charge in [0.05, 0.1) is 13.3 Å². The van der Waals surface area contributed by atoms with E-state index in [0.29, 0.717) is 35.2 Å². The summed E-state index contributed by atoms with van der Waals surface area (Å²) >= 11 is 6.12. The van der Waals surface area contributed by atoms with Crippen molar-refractivity contribution in [3.63, 3.8) is 0 Å². The second kappa shape index (κ2) is 10.2. The molecule has 0 bridgehead atoms. The molecule has 2 aromatic carbocycles. The standard InChI is InChI=1S/C19H20ClN3O4/c1-3-21-18(24)19(25)23-22-11-13-8-9-16(17(10-13)26-2)27-12-14-6-4-5-7-15(14)20/h4-11H,3,12H2,1-2H3,(H,21,24)(H,23,25)/b22-11+. The summed E-state index contributed by atoms with van der Waals surface area (Å²) in [5.74, 6) is -0.530. The van der Waals surface area contributed by atoms with Gasteiger partial charge in [-0.05, 0) is 36.8 Å². The van der Waals surface area contributed by atoms with Gasteiger partial charge in [-0.1, -0.05) is 29.8 Å². The van der Waals surface area contributed by atoms with Crippen LogP contribution in [0.3, 0.4) is 0 Å². The van der Waals surface area contributed by atoms with Gasteiger partial charge in [0, 0.05) is 17.1 Å². The highest BCUT2D eigenvalue weighted by molar-refractivity contribution is 6.35. The molecule has 0 saturated carbocycles. The van der Waals surface area contributed by atoms with Gasteiger partial charge in [0.25, 0.3) is 0 Å². The van der Waals surface area contributed by atoms with Crippen LogP contribution < -0.4 is 20.2 Å². The lowest BCUT2D eigenvalue weighted by atomic mass is 10.2. The molecule has 8 heteroatoms. The molecule has 0 aliphatic carbocycles. The smallest absolute Gasteiger partial charge is 0.329 e. The molecular weight excluding hydrogens is 370 g/mol. The normalized spacial score (nSPS) is 10.5. The molecular formula is C19H20ClN3O4. The first-order chi connectivity index (χ1) is 13.0. The van der Waals surface area contributed by atoms with Gasteiger partial charge in [-0.25, -0.2) is 5.43 Å². The fourth-order valence-electron chi connectivity index (χ4n) is 2.11. The minimum Gasteiger partial charge on any atom is -0.493 e. The zero-order chi connectivity index (χ0) is 19.6. The van der Waals surface area contributed by atoms with Gasteiger partial charge in [-0.15, -0.1) is 0 Å². The van der Waals surface area contributed by atoms with Crippen molar-refractivity contribution >= 4 is 29.6 Å². The first-order valence-electron chi connectivity index (χ1n) is 8.20. The molecule has 2 amide bonds. The van der Waals surface area contributed by atoms with Gasteiger partial charge in [-0.3, -0.25) is 9.59 Å². The summed E-state index contributed by atoms with van der Waals surface area (Å²) < 4.78 is 11.1. The minimum absolute atomic E-state index is 0.298. The zero-order valence-electron chi connectivity index (χ0n) is 15.0. The molecule has 0 unspecified atom stereocenters. The molecule has 0 aliphatic heterocycles. The number of halogens is 1. The van der Waals surface area contributed by atoms with Crippen LogP contribution in [-0.2, 0) is 16.2 Å². The molecule has 2 rings (SSSR count). The summed E-state index contributed by atoms with van der Waals surface area (Å²) in [6.45, 7) is 2.38. The van der Waals surface area contributed by atoms with Gasteiger partial charge in [0.15, 0.2) is 11.5 Å². The molecule has 0 spiro atoms. The molecule has 0 aliphatic rings. The molecule has 0 aromatic heterocycles. The fourth-order valence-corrected chi connectivity index (χ4v) is 2.30. The number of carbonyl (C=O) groups is 2. The molecule has 0 atom stereocenters. The largest absolute Gasteiger partial charge is 0.493 e. The number of likely N-dealkylation sites (N-methyl/N-ethyl adjacent to an activating group) is 1. The summed E-state index contributed by atoms with van der Waals surface area (Å²) in [6.07, 6.45) is 1.40. The Bertz CT molecular complexity index is 839. The number of benzene rings is 2. The number of hydrazone groups is 1. The molecule has 2 aromatic rings. The molecule has 27 heavy (non-hydrogen) atoms. The van der Waals surface area contributed by atoms with Crippen molar-refractivity contribution in [1.29, 1.82) is 0 Å². The van der Waals surface area contributed by atoms with Crippen LogP contribution in [-0.4, -0.2) is 31.7 Å². The van der Waals surface area contributed by atoms with Crippen molar-refractivity contribution in [1.82, 2.24) is 10.7 Å². The summed E-state index contributed by atoms with van der Waals surface area (Å²) in [5, 5.41) is 6.76. The quantitative estimate of drug-likeness (QED) is 0.432. The van der Waals surface area contributed by atoms with E-state index in [1.807, 2.05) is 18.2 Å². The first kappa shape index (κ1) is 20.3. The van der Waals surface area contributed by atoms with Gasteiger partial charge >= 0.3 is 11.8 Å². The average Bonchev–Trinajstić information content (AvgIpc) is 2.68. The molecule has 142 valence electrons. The van der Waals surface area contributed by atoms with Gasteiger partial charge in [0.1, 0.15) is 6.61 Å². The van der Waals surface area contributed by atoms with E-state index < -0.39 is 11.8 Å². The summed E-state index contributed by atoms with van der Waals surface area (Å²) in [7, 11) is 1.52. The minimum atomic E-state index is -0.834. The van der Waals surface area contributed by atoms with E-state index in [4.69, 9.17) is 21.1 Å². The van der Waals surface area contributed by atoms with Crippen LogP contribution in [0.25, 0.3) is 0 Å². The molecule has 0 saturated heterocycles. The Hall–Kier alpha value is -3.06. The number of methoxy groups -OCH3 is 1. The van der Waals surface area contributed by atoms with Gasteiger partial charge in [0.2, 0.25) is 0 Å². The van der Waals surface area contributed by atoms with Crippen LogP contribution >= 0.6 is 11.6 Å². The van der Waals surface area contributed by atoms with E-state index in [2.05, 4.69) is 15.8 Å². The first-order valence-corrected chi connectivity index (χ1v) is 8.58. The Kier molecular flexibility index (Phi) is 7.63. The Labute approximate surface area is 162 Å². The van der Waals surface area contributed by atoms with E-state index in [1.54, 1.807) is 31.2 Å². The van der Waals surface area contributed by atoms with E-state index in [9.17, 15) is 9.59 Å². The van der Waals surface area contributed by atoms with Crippen LogP contribution in [0.5, 0.6) is 11.5 Å². The van der Waals surface area contributed by atoms with Crippen LogP contribution in [0, 0.1) is 0 Å². The Morgan fingerprint density at radius 1 is 1.15 bits per heavy atom. The number of carbonyl (C=O) groups excluding carboxylic acids is 2. The van der Waals surface area contributed by atoms with Crippen LogP contribution in [0.2, 0.25) is 5.02 Å². The third kappa shape index (κ3) is 6.00. The highest BCUT2D eigenvalue weighted by atomic mass is 35.5. The van der Waals surface area contributed by atoms with E-state index in [1.165, 1.54) is 13.3 Å². The van der Waals surface area contributed by atoms with Gasteiger partial charge < -0.3 is 14.8 Å². The lowest BCUT2D eigenvalue weighted by Gasteiger charge is -2.12. The highest BCUT2D eigenvalue weighted by Crippen LogP contribution is 2.29. The predicted octanol–water partition coefficient (Wildman–Crippen LogP) is 2.51. The number of hydrogen-bond donors (Lipinski definition) is 2. The van der Waals surface area contributed by atoms with Gasteiger partial charge in [-0.2, -0.15) is 5.10 Å². The average molecular weight is 390 g/mol. The maximum Gasteiger partial charge on any atom is 0.329 e. The number of hydrogen-bond acceptors (Lipinski definition) is 5. The van der Waals surface area contributed by atoms with Crippen molar-refractivity contribution in [2.75, 3.05) is 13.7 Å². The summed E-state index contributed by atoms with van der Waals surface area (Å²) in [6, 6.07) is 12.6. The molecule has 0 fully saturated rings. The maximum absolute atomic E-state index is 11.5. The molecule has 7 nitrogen and oxygen atoms in total. The Morgan fingerprint density at radius 2 is 1.93 bits per heavy atom. The summed E-state index contributed by atoms with van der Waals surface area (Å²) in [4.78, 5) is 22.8. The van der Waals surface area contributed by atoms with Crippen molar-refractivity contribution in [2.24, 2.45) is 5.10 Å². The van der Waals surface area contributed by atoms with E-state index >= 15 is 0 Å². The van der Waals surface area contributed by atoms with E-state index in [0.717, 1.165) is 5.56 Å². The number of amides is 2. The predicted molar refractivity (Wildman–Crippen MR) is 103 cm³/mol. The SMILES string of the molecule is CCNC(=O)C(=O)N/N=C/c1ccc(OCc2ccccc2Cl)c(OC)c1. The lowest BCUT2D eigenvalue weighted by molar-refractivity contribution is -0.139. The zero-order valence-corrected chi connectivity index (χ0v) is 15.7. The number of nitrogens with one attached hydrogen (secondary N) is 2. The van der Waals surface area contributed by atoms with Crippen molar-refractivity contribution < 1.29 is 19.1 Å². The molecule has 0 heterocycles. The monoisotopic (exact) mass is 389 g/mol. The number of ether oxygens (including phenoxy) is 2. The third-order valence-corrected chi connectivity index (χ3v) is 3.82. The Morgan fingerprint density at radius 3 is 2.63 bits per heavy atom. The number of rotatable bonds is 7. The van der Waals surface area contributed by atoms with Crippen LogP contribution in [0.15, 0.2) is 47.6 Å². The number of nitrogens with zero attached hydrogens (tertiary/aromatic N) is 1. The van der Waals surface area contributed by atoms with Crippen LogP contribution in [0.4, 0.5) is 0 Å². The highest BCUT2D eigenvalue weighted by Gasteiger charge is 2.10. The topological polar surface area (TPSA) is 89.0 Å². The lowest BCUT2D eigenvalue weighted by Crippen LogP contribution is -2.37. The fraction of sp³-hybridized carbons (Fsp3) is 0.211. The summed E-state index contributed by atoms with van der Waals surface area (Å²) in [5.41, 5.74) is 3.67. The Balaban J connectivity index is 2.01. The second-order valence-corrected chi connectivity index (χ2v) is 5.76. The van der Waals surface area contributed by atoms with E-state index in [-0.39, 0.29) is 0 Å². The van der Waals surface area contributed by atoms with Crippen molar-refractivity contribution in [3.8, 4) is 11.5 Å². The van der Waals surface area contributed by atoms with Crippen molar-refractivity contribution in [3.05, 3.63) is 58.6 Å². The maximum atomic E-state index is 11.5. The van der Waals surface area contributed by atoms with Crippen LogP contribution in [0.1, 0.15) is 18.1 Å². The second-order valence-electron chi connectivity index (χ2n) is 5.35. The molecule has 0 radical (unpaired) electrons. The third-order valence-electron chi connectivity index (χ3n) is 3.45.